The van der Waals surface area contributed by atoms with E-state index in [0.717, 1.165) is 32.1 Å². The fourth-order valence-electron chi connectivity index (χ4n) is 3.57. The number of nitrogens with zero attached hydrogens (tertiary/aromatic N) is 3. The summed E-state index contributed by atoms with van der Waals surface area (Å²) in [5.41, 5.74) is 0. The molecule has 1 saturated heterocycles. The molecule has 1 heterocycles. The highest BCUT2D eigenvalue weighted by Gasteiger charge is 2.18. The van der Waals surface area contributed by atoms with Crippen molar-refractivity contribution in [1.29, 1.82) is 0 Å². The zero-order valence-electron chi connectivity index (χ0n) is 16.9. The molecule has 1 aliphatic heterocycles. The van der Waals surface area contributed by atoms with Crippen molar-refractivity contribution in [2.24, 2.45) is 10.9 Å². The minimum absolute atomic E-state index is 0.577. The van der Waals surface area contributed by atoms with Crippen molar-refractivity contribution in [3.63, 3.8) is 0 Å². The van der Waals surface area contributed by atoms with E-state index in [1.54, 1.807) is 0 Å². The van der Waals surface area contributed by atoms with Crippen LogP contribution in [0.25, 0.3) is 0 Å². The van der Waals surface area contributed by atoms with E-state index in [1.807, 2.05) is 0 Å². The van der Waals surface area contributed by atoms with Crippen LogP contribution < -0.4 is 10.6 Å². The smallest absolute Gasteiger partial charge is 0.191 e. The van der Waals surface area contributed by atoms with Crippen molar-refractivity contribution < 1.29 is 0 Å². The maximum Gasteiger partial charge on any atom is 0.191 e. The Morgan fingerprint density at radius 3 is 2.46 bits per heavy atom. The molecule has 1 fully saturated rings. The molecule has 1 unspecified atom stereocenters. The topological polar surface area (TPSA) is 42.9 Å². The first-order valence-corrected chi connectivity index (χ1v) is 9.98. The SMILES string of the molecule is CCNC(=NCC1CCCN(CC)C1)NCCN(C(C)C)C(C)C. The van der Waals surface area contributed by atoms with E-state index >= 15 is 0 Å². The number of piperidine rings is 1. The van der Waals surface area contributed by atoms with Gasteiger partial charge < -0.3 is 15.5 Å². The molecule has 1 atom stereocenters. The van der Waals surface area contributed by atoms with Crippen molar-refractivity contribution >= 4 is 5.96 Å². The monoisotopic (exact) mass is 339 g/mol. The highest BCUT2D eigenvalue weighted by molar-refractivity contribution is 5.79. The Morgan fingerprint density at radius 1 is 1.17 bits per heavy atom. The quantitative estimate of drug-likeness (QED) is 0.500. The number of guanidine groups is 1. The molecule has 0 aromatic carbocycles. The number of likely N-dealkylation sites (tertiary alicyclic amines) is 1. The van der Waals surface area contributed by atoms with Gasteiger partial charge >= 0.3 is 0 Å². The summed E-state index contributed by atoms with van der Waals surface area (Å²) in [6, 6.07) is 1.15. The second-order valence-electron chi connectivity index (χ2n) is 7.47. The summed E-state index contributed by atoms with van der Waals surface area (Å²) in [5, 5.41) is 6.90. The van der Waals surface area contributed by atoms with Crippen molar-refractivity contribution in [2.45, 2.75) is 66.5 Å². The van der Waals surface area contributed by atoms with Crippen molar-refractivity contribution in [3.05, 3.63) is 0 Å². The van der Waals surface area contributed by atoms with Crippen LogP contribution in [0.2, 0.25) is 0 Å². The lowest BCUT2D eigenvalue weighted by molar-refractivity contribution is 0.178. The van der Waals surface area contributed by atoms with Gasteiger partial charge in [0, 0.05) is 44.8 Å². The molecule has 0 saturated carbocycles. The Bertz CT molecular complexity index is 346. The minimum Gasteiger partial charge on any atom is -0.357 e. The Hall–Kier alpha value is -0.810. The first-order chi connectivity index (χ1) is 11.5. The molecule has 0 spiro atoms. The van der Waals surface area contributed by atoms with Crippen molar-refractivity contribution in [1.82, 2.24) is 20.4 Å². The van der Waals surface area contributed by atoms with Gasteiger partial charge in [-0.2, -0.15) is 0 Å². The van der Waals surface area contributed by atoms with Crippen LogP contribution in [0.3, 0.4) is 0 Å². The van der Waals surface area contributed by atoms with E-state index in [1.165, 1.54) is 32.5 Å². The maximum absolute atomic E-state index is 4.84. The summed E-state index contributed by atoms with van der Waals surface area (Å²) in [5.74, 6) is 1.68. The molecule has 0 bridgehead atoms. The Morgan fingerprint density at radius 2 is 1.88 bits per heavy atom. The van der Waals surface area contributed by atoms with E-state index in [-0.39, 0.29) is 0 Å². The van der Waals surface area contributed by atoms with Crippen LogP contribution >= 0.6 is 0 Å². The number of hydrogen-bond acceptors (Lipinski definition) is 3. The average Bonchev–Trinajstić information content (AvgIpc) is 2.55. The third-order valence-electron chi connectivity index (χ3n) is 4.89. The zero-order valence-corrected chi connectivity index (χ0v) is 16.9. The molecule has 0 amide bonds. The summed E-state index contributed by atoms with van der Waals surface area (Å²) >= 11 is 0. The van der Waals surface area contributed by atoms with E-state index in [0.29, 0.717) is 18.0 Å². The highest BCUT2D eigenvalue weighted by atomic mass is 15.2. The van der Waals surface area contributed by atoms with Crippen molar-refractivity contribution in [2.75, 3.05) is 45.8 Å². The maximum atomic E-state index is 4.84. The summed E-state index contributed by atoms with van der Waals surface area (Å²) in [6.07, 6.45) is 2.63. The molecule has 1 rings (SSSR count). The fraction of sp³-hybridized carbons (Fsp3) is 0.947. The lowest BCUT2D eigenvalue weighted by Crippen LogP contribution is -2.45. The molecule has 24 heavy (non-hydrogen) atoms. The minimum atomic E-state index is 0.577. The summed E-state index contributed by atoms with van der Waals surface area (Å²) in [7, 11) is 0. The molecule has 0 aliphatic carbocycles. The molecule has 2 N–H and O–H groups in total. The van der Waals surface area contributed by atoms with Gasteiger partial charge in [-0.1, -0.05) is 6.92 Å². The predicted octanol–water partition coefficient (Wildman–Crippen LogP) is 2.39. The van der Waals surface area contributed by atoms with E-state index in [9.17, 15) is 0 Å². The molecular formula is C19H41N5. The van der Waals surface area contributed by atoms with Gasteiger partial charge in [0.05, 0.1) is 0 Å². The molecule has 0 aromatic heterocycles. The Balaban J connectivity index is 2.44. The lowest BCUT2D eigenvalue weighted by Gasteiger charge is -2.31. The van der Waals surface area contributed by atoms with Gasteiger partial charge in [0.1, 0.15) is 0 Å². The van der Waals surface area contributed by atoms with E-state index < -0.39 is 0 Å². The van der Waals surface area contributed by atoms with Gasteiger partial charge in [-0.25, -0.2) is 0 Å². The number of aliphatic imine (C=N–C) groups is 1. The standard InChI is InChI=1S/C19H41N5/c1-7-20-19(21-11-13-24(16(3)4)17(5)6)22-14-18-10-9-12-23(8-2)15-18/h16-18H,7-15H2,1-6H3,(H2,20,21,22). The van der Waals surface area contributed by atoms with Crippen LogP contribution in [0.4, 0.5) is 0 Å². The molecule has 0 aromatic rings. The highest BCUT2D eigenvalue weighted by Crippen LogP contribution is 2.16. The Kier molecular flexibility index (Phi) is 10.3. The van der Waals surface area contributed by atoms with Gasteiger partial charge in [-0.3, -0.25) is 9.89 Å². The second kappa shape index (κ2) is 11.7. The number of hydrogen-bond donors (Lipinski definition) is 2. The van der Waals surface area contributed by atoms with Gasteiger partial charge in [0.25, 0.3) is 0 Å². The van der Waals surface area contributed by atoms with Crippen LogP contribution in [0.1, 0.15) is 54.4 Å². The van der Waals surface area contributed by atoms with Crippen LogP contribution in [0.15, 0.2) is 4.99 Å². The van der Waals surface area contributed by atoms with Gasteiger partial charge in [0.2, 0.25) is 0 Å². The lowest BCUT2D eigenvalue weighted by atomic mass is 9.98. The zero-order chi connectivity index (χ0) is 17.9. The fourth-order valence-corrected chi connectivity index (χ4v) is 3.57. The number of rotatable bonds is 9. The molecular weight excluding hydrogens is 298 g/mol. The van der Waals surface area contributed by atoms with Gasteiger partial charge in [0.15, 0.2) is 5.96 Å². The number of nitrogens with one attached hydrogen (secondary N) is 2. The van der Waals surface area contributed by atoms with Crippen LogP contribution in [0, 0.1) is 5.92 Å². The van der Waals surface area contributed by atoms with Crippen LogP contribution in [-0.2, 0) is 0 Å². The third-order valence-corrected chi connectivity index (χ3v) is 4.89. The van der Waals surface area contributed by atoms with E-state index in [4.69, 9.17) is 4.99 Å². The van der Waals surface area contributed by atoms with E-state index in [2.05, 4.69) is 62.0 Å². The molecule has 0 radical (unpaired) electrons. The first-order valence-electron chi connectivity index (χ1n) is 9.98. The second-order valence-corrected chi connectivity index (χ2v) is 7.47. The first kappa shape index (κ1) is 21.2. The Labute approximate surface area is 150 Å². The average molecular weight is 340 g/mol. The third kappa shape index (κ3) is 7.84. The predicted molar refractivity (Wildman–Crippen MR) is 106 cm³/mol. The van der Waals surface area contributed by atoms with Crippen LogP contribution in [-0.4, -0.2) is 73.7 Å². The molecule has 5 nitrogen and oxygen atoms in total. The molecule has 5 heteroatoms. The largest absolute Gasteiger partial charge is 0.357 e. The summed E-state index contributed by atoms with van der Waals surface area (Å²) < 4.78 is 0. The van der Waals surface area contributed by atoms with Crippen molar-refractivity contribution in [3.8, 4) is 0 Å². The molecule has 1 aliphatic rings. The summed E-state index contributed by atoms with van der Waals surface area (Å²) in [6.45, 7) is 20.9. The summed E-state index contributed by atoms with van der Waals surface area (Å²) in [4.78, 5) is 9.90. The van der Waals surface area contributed by atoms with Gasteiger partial charge in [-0.15, -0.1) is 0 Å². The molecule has 142 valence electrons. The van der Waals surface area contributed by atoms with Gasteiger partial charge in [-0.05, 0) is 66.5 Å². The normalized spacial score (nSPS) is 20.2. The van der Waals surface area contributed by atoms with Crippen LogP contribution in [0.5, 0.6) is 0 Å².